The van der Waals surface area contributed by atoms with Crippen molar-refractivity contribution < 1.29 is 28.5 Å². The fourth-order valence-corrected chi connectivity index (χ4v) is 5.60. The minimum Gasteiger partial charge on any atom is -0.490 e. The average molecular weight is 616 g/mol. The molecular weight excluding hydrogens is 588 g/mol. The topological polar surface area (TPSA) is 105 Å². The van der Waals surface area contributed by atoms with E-state index in [0.29, 0.717) is 38.7 Å². The summed E-state index contributed by atoms with van der Waals surface area (Å²) in [4.78, 5) is 43.6. The highest BCUT2D eigenvalue weighted by molar-refractivity contribution is 9.10. The second-order valence-corrected chi connectivity index (χ2v) is 10.3. The molecule has 0 amide bonds. The molecule has 0 bridgehead atoms. The van der Waals surface area contributed by atoms with Gasteiger partial charge in [0.15, 0.2) is 22.9 Å². The van der Waals surface area contributed by atoms with Gasteiger partial charge in [-0.15, -0.1) is 0 Å². The van der Waals surface area contributed by atoms with Crippen molar-refractivity contribution in [3.05, 3.63) is 89.0 Å². The number of ether oxygens (including phenoxy) is 4. The van der Waals surface area contributed by atoms with E-state index < -0.39 is 18.0 Å². The Hall–Kier alpha value is -3.70. The first-order valence-corrected chi connectivity index (χ1v) is 13.8. The predicted octanol–water partition coefficient (Wildman–Crippen LogP) is 3.51. The highest BCUT2D eigenvalue weighted by atomic mass is 79.9. The van der Waals surface area contributed by atoms with E-state index in [2.05, 4.69) is 25.7 Å². The molecule has 0 aliphatic carbocycles. The van der Waals surface area contributed by atoms with Crippen molar-refractivity contribution >= 4 is 45.3 Å². The van der Waals surface area contributed by atoms with Gasteiger partial charge in [-0.2, -0.15) is 0 Å². The summed E-state index contributed by atoms with van der Waals surface area (Å²) in [5, 5.41) is 0. The number of benzene rings is 2. The third kappa shape index (κ3) is 6.15. The van der Waals surface area contributed by atoms with Gasteiger partial charge in [-0.1, -0.05) is 45.5 Å². The maximum absolute atomic E-state index is 13.8. The number of thiazole rings is 1. The zero-order valence-electron chi connectivity index (χ0n) is 21.9. The van der Waals surface area contributed by atoms with E-state index in [1.165, 1.54) is 23.0 Å². The molecule has 1 atom stereocenters. The normalized spacial score (nSPS) is 14.9. The zero-order chi connectivity index (χ0) is 28.1. The first-order chi connectivity index (χ1) is 18.8. The largest absolute Gasteiger partial charge is 0.490 e. The van der Waals surface area contributed by atoms with Crippen LogP contribution in [0.3, 0.4) is 0 Å². The number of rotatable bonds is 9. The molecule has 0 spiro atoms. The number of carbonyl (C=O) groups is 2. The van der Waals surface area contributed by atoms with Gasteiger partial charge < -0.3 is 18.9 Å². The third-order valence-electron chi connectivity index (χ3n) is 5.82. The Morgan fingerprint density at radius 3 is 2.59 bits per heavy atom. The molecule has 0 fully saturated rings. The molecule has 2 heterocycles. The molecule has 1 aliphatic heterocycles. The van der Waals surface area contributed by atoms with Gasteiger partial charge in [-0.05, 0) is 62.2 Å². The Morgan fingerprint density at radius 2 is 1.90 bits per heavy atom. The molecule has 0 N–H and O–H groups in total. The molecule has 0 unspecified atom stereocenters. The fraction of sp³-hybridized carbons (Fsp3) is 0.286. The summed E-state index contributed by atoms with van der Waals surface area (Å²) in [7, 11) is 1.27. The van der Waals surface area contributed by atoms with Crippen LogP contribution in [-0.2, 0) is 19.1 Å². The van der Waals surface area contributed by atoms with Crippen LogP contribution in [0.5, 0.6) is 11.5 Å². The van der Waals surface area contributed by atoms with Crippen LogP contribution in [0.2, 0.25) is 0 Å². The van der Waals surface area contributed by atoms with Crippen molar-refractivity contribution in [1.82, 2.24) is 4.57 Å². The minimum atomic E-state index is -0.821. The fourth-order valence-electron chi connectivity index (χ4n) is 4.13. The minimum absolute atomic E-state index is 0.167. The number of carbonyl (C=O) groups excluding carboxylic acids is 2. The van der Waals surface area contributed by atoms with Crippen LogP contribution in [0.4, 0.5) is 0 Å². The highest BCUT2D eigenvalue weighted by Gasteiger charge is 2.34. The van der Waals surface area contributed by atoms with E-state index in [9.17, 15) is 14.4 Å². The molecule has 3 aromatic rings. The number of esters is 2. The van der Waals surface area contributed by atoms with Crippen LogP contribution in [0.1, 0.15) is 37.9 Å². The highest BCUT2D eigenvalue weighted by Crippen LogP contribution is 2.36. The maximum atomic E-state index is 13.8. The first-order valence-electron chi connectivity index (χ1n) is 12.2. The molecule has 39 heavy (non-hydrogen) atoms. The van der Waals surface area contributed by atoms with Crippen LogP contribution in [0, 0.1) is 0 Å². The van der Waals surface area contributed by atoms with E-state index in [4.69, 9.17) is 14.2 Å². The molecule has 4 rings (SSSR count). The molecular formula is C28H27BrN2O7S. The Labute approximate surface area is 237 Å². The van der Waals surface area contributed by atoms with Crippen LogP contribution in [0.15, 0.2) is 68.0 Å². The van der Waals surface area contributed by atoms with Crippen molar-refractivity contribution in [2.75, 3.05) is 26.9 Å². The summed E-state index contributed by atoms with van der Waals surface area (Å²) < 4.78 is 24.3. The number of allylic oxidation sites excluding steroid dienone is 1. The summed E-state index contributed by atoms with van der Waals surface area (Å²) in [5.74, 6) is -0.421. The molecule has 0 saturated heterocycles. The molecule has 1 aliphatic rings. The summed E-state index contributed by atoms with van der Waals surface area (Å²) in [5.41, 5.74) is 1.86. The van der Waals surface area contributed by atoms with E-state index in [0.717, 1.165) is 10.0 Å². The van der Waals surface area contributed by atoms with Crippen molar-refractivity contribution in [2.24, 2.45) is 4.99 Å². The lowest BCUT2D eigenvalue weighted by atomic mass is 9.95. The second-order valence-electron chi connectivity index (χ2n) is 8.36. The number of nitrogens with zero attached hydrogens (tertiary/aromatic N) is 2. The SMILES string of the molecule is CCOC(=O)C1=C(C)N=c2s/c(=C\c3cccc(Br)c3)c(=O)n2[C@H]1c1ccc(OCC(=O)OC)c(OCC)c1. The van der Waals surface area contributed by atoms with Gasteiger partial charge in [-0.3, -0.25) is 9.36 Å². The Kier molecular flexibility index (Phi) is 9.03. The van der Waals surface area contributed by atoms with Gasteiger partial charge in [0, 0.05) is 4.47 Å². The van der Waals surface area contributed by atoms with E-state index >= 15 is 0 Å². The van der Waals surface area contributed by atoms with Gasteiger partial charge in [-0.25, -0.2) is 14.6 Å². The van der Waals surface area contributed by atoms with Crippen molar-refractivity contribution in [3.8, 4) is 11.5 Å². The number of aromatic nitrogens is 1. The number of halogens is 1. The molecule has 0 radical (unpaired) electrons. The van der Waals surface area contributed by atoms with Gasteiger partial charge in [0.1, 0.15) is 0 Å². The lowest BCUT2D eigenvalue weighted by molar-refractivity contribution is -0.143. The quantitative estimate of drug-likeness (QED) is 0.340. The van der Waals surface area contributed by atoms with Gasteiger partial charge in [0.25, 0.3) is 5.56 Å². The molecule has 9 nitrogen and oxygen atoms in total. The predicted molar refractivity (Wildman–Crippen MR) is 150 cm³/mol. The lowest BCUT2D eigenvalue weighted by Crippen LogP contribution is -2.40. The van der Waals surface area contributed by atoms with E-state index in [1.54, 1.807) is 38.1 Å². The average Bonchev–Trinajstić information content (AvgIpc) is 3.21. The summed E-state index contributed by atoms with van der Waals surface area (Å²) in [6.07, 6.45) is 1.80. The zero-order valence-corrected chi connectivity index (χ0v) is 24.3. The number of fused-ring (bicyclic) bond motifs is 1. The monoisotopic (exact) mass is 614 g/mol. The Balaban J connectivity index is 1.90. The Bertz CT molecular complexity index is 1620. The van der Waals surface area contributed by atoms with E-state index in [1.807, 2.05) is 31.2 Å². The van der Waals surface area contributed by atoms with Crippen LogP contribution in [-0.4, -0.2) is 43.4 Å². The molecule has 204 valence electrons. The van der Waals surface area contributed by atoms with Crippen LogP contribution in [0.25, 0.3) is 6.08 Å². The molecule has 2 aromatic carbocycles. The van der Waals surface area contributed by atoms with Crippen molar-refractivity contribution in [2.45, 2.75) is 26.8 Å². The number of hydrogen-bond acceptors (Lipinski definition) is 9. The van der Waals surface area contributed by atoms with Crippen LogP contribution < -0.4 is 24.4 Å². The number of methoxy groups -OCH3 is 1. The maximum Gasteiger partial charge on any atom is 0.343 e. The smallest absolute Gasteiger partial charge is 0.343 e. The van der Waals surface area contributed by atoms with Gasteiger partial charge in [0.2, 0.25) is 0 Å². The van der Waals surface area contributed by atoms with E-state index in [-0.39, 0.29) is 24.3 Å². The standard InChI is InChI=1S/C28H27BrN2O7S/c1-5-36-21-14-18(10-11-20(21)38-15-23(32)35-4)25-24(27(34)37-6-2)16(3)30-28-31(25)26(33)22(39-28)13-17-8-7-9-19(29)12-17/h7-14,25H,5-6,15H2,1-4H3/b22-13-/t25-/m0/s1. The molecule has 11 heteroatoms. The number of hydrogen-bond donors (Lipinski definition) is 0. The molecule has 1 aromatic heterocycles. The van der Waals surface area contributed by atoms with Gasteiger partial charge >= 0.3 is 11.9 Å². The van der Waals surface area contributed by atoms with Crippen molar-refractivity contribution in [3.63, 3.8) is 0 Å². The Morgan fingerprint density at radius 1 is 1.10 bits per heavy atom. The third-order valence-corrected chi connectivity index (χ3v) is 7.30. The summed E-state index contributed by atoms with van der Waals surface area (Å²) in [6.45, 7) is 5.45. The molecule has 0 saturated carbocycles. The summed E-state index contributed by atoms with van der Waals surface area (Å²) in [6, 6.07) is 11.8. The van der Waals surface area contributed by atoms with Crippen LogP contribution >= 0.6 is 27.3 Å². The lowest BCUT2D eigenvalue weighted by Gasteiger charge is -2.25. The van der Waals surface area contributed by atoms with Crippen molar-refractivity contribution in [1.29, 1.82) is 0 Å². The second kappa shape index (κ2) is 12.4. The van der Waals surface area contributed by atoms with Gasteiger partial charge in [0.05, 0.1) is 42.2 Å². The first kappa shape index (κ1) is 28.3. The summed E-state index contributed by atoms with van der Waals surface area (Å²) >= 11 is 4.70.